The van der Waals surface area contributed by atoms with Crippen LogP contribution in [-0.4, -0.2) is 62.2 Å². The fraction of sp³-hybridized carbons (Fsp3) is 0.500. The Hall–Kier alpha value is -2.94. The van der Waals surface area contributed by atoms with Crippen LogP contribution in [0.25, 0.3) is 6.08 Å². The van der Waals surface area contributed by atoms with Crippen LogP contribution in [0.4, 0.5) is 11.4 Å². The van der Waals surface area contributed by atoms with Crippen LogP contribution in [0.2, 0.25) is 0 Å². The van der Waals surface area contributed by atoms with Crippen LogP contribution in [0, 0.1) is 16.0 Å². The molecule has 0 bridgehead atoms. The molecule has 1 fully saturated rings. The Labute approximate surface area is 169 Å². The normalized spacial score (nSPS) is 15.2. The summed E-state index contributed by atoms with van der Waals surface area (Å²) >= 11 is 0. The van der Waals surface area contributed by atoms with Gasteiger partial charge in [0.05, 0.1) is 25.1 Å². The number of benzene rings is 1. The first-order valence-electron chi connectivity index (χ1n) is 9.53. The van der Waals surface area contributed by atoms with Crippen molar-refractivity contribution in [2.45, 2.75) is 19.3 Å². The molecular formula is C20H27N3O6. The van der Waals surface area contributed by atoms with Crippen molar-refractivity contribution in [1.82, 2.24) is 4.90 Å². The van der Waals surface area contributed by atoms with Gasteiger partial charge in [-0.1, -0.05) is 6.07 Å². The van der Waals surface area contributed by atoms with Crippen LogP contribution in [0.5, 0.6) is 0 Å². The van der Waals surface area contributed by atoms with E-state index >= 15 is 0 Å². The van der Waals surface area contributed by atoms with Gasteiger partial charge in [0.15, 0.2) is 0 Å². The molecule has 1 heterocycles. The highest BCUT2D eigenvalue weighted by Gasteiger charge is 2.25. The zero-order valence-electron chi connectivity index (χ0n) is 16.8. The minimum Gasteiger partial charge on any atom is -0.469 e. The summed E-state index contributed by atoms with van der Waals surface area (Å²) in [5.41, 5.74) is 0.937. The van der Waals surface area contributed by atoms with Crippen molar-refractivity contribution >= 4 is 29.4 Å². The predicted molar refractivity (Wildman–Crippen MR) is 108 cm³/mol. The van der Waals surface area contributed by atoms with Gasteiger partial charge in [0.25, 0.3) is 5.69 Å². The molecular weight excluding hydrogens is 378 g/mol. The monoisotopic (exact) mass is 405 g/mol. The van der Waals surface area contributed by atoms with Gasteiger partial charge in [0.2, 0.25) is 0 Å². The van der Waals surface area contributed by atoms with Gasteiger partial charge in [0.1, 0.15) is 5.69 Å². The van der Waals surface area contributed by atoms with Crippen molar-refractivity contribution in [2.24, 2.45) is 5.92 Å². The van der Waals surface area contributed by atoms with Crippen molar-refractivity contribution < 1.29 is 24.0 Å². The number of nitrogens with one attached hydrogen (secondary N) is 1. The van der Waals surface area contributed by atoms with E-state index in [0.717, 1.165) is 38.9 Å². The van der Waals surface area contributed by atoms with E-state index in [0.29, 0.717) is 17.8 Å². The number of rotatable bonds is 9. The molecule has 158 valence electrons. The predicted octanol–water partition coefficient (Wildman–Crippen LogP) is 2.47. The molecule has 1 saturated heterocycles. The van der Waals surface area contributed by atoms with Crippen LogP contribution in [0.1, 0.15) is 24.8 Å². The van der Waals surface area contributed by atoms with E-state index in [4.69, 9.17) is 4.74 Å². The Morgan fingerprint density at radius 2 is 2.00 bits per heavy atom. The Morgan fingerprint density at radius 3 is 2.62 bits per heavy atom. The largest absolute Gasteiger partial charge is 0.469 e. The lowest BCUT2D eigenvalue weighted by Crippen LogP contribution is -2.37. The molecule has 9 nitrogen and oxygen atoms in total. The average Bonchev–Trinajstić information content (AvgIpc) is 2.75. The number of hydrogen-bond donors (Lipinski definition) is 1. The number of ether oxygens (including phenoxy) is 2. The molecule has 0 aliphatic carbocycles. The summed E-state index contributed by atoms with van der Waals surface area (Å²) < 4.78 is 9.31. The number of methoxy groups -OCH3 is 2. The first-order valence-corrected chi connectivity index (χ1v) is 9.53. The smallest absolute Gasteiger partial charge is 0.330 e. The maximum absolute atomic E-state index is 11.6. The standard InChI is InChI=1S/C20H27N3O6/c1-28-19(24)7-5-15-4-6-17(18(14-15)23(26)27)21-10-3-11-22-12-8-16(9-13-22)20(25)29-2/h4-7,14,16,21H,3,8-13H2,1-2H3. The molecule has 0 radical (unpaired) electrons. The second kappa shape index (κ2) is 11.2. The van der Waals surface area contributed by atoms with E-state index in [-0.39, 0.29) is 17.6 Å². The molecule has 0 amide bonds. The van der Waals surface area contributed by atoms with E-state index in [2.05, 4.69) is 15.0 Å². The third-order valence-corrected chi connectivity index (χ3v) is 4.92. The fourth-order valence-electron chi connectivity index (χ4n) is 3.27. The van der Waals surface area contributed by atoms with Crippen LogP contribution < -0.4 is 5.32 Å². The Morgan fingerprint density at radius 1 is 1.28 bits per heavy atom. The Kier molecular flexibility index (Phi) is 8.60. The lowest BCUT2D eigenvalue weighted by Gasteiger charge is -2.30. The van der Waals surface area contributed by atoms with Gasteiger partial charge in [0, 0.05) is 18.7 Å². The summed E-state index contributed by atoms with van der Waals surface area (Å²) in [4.78, 5) is 35.9. The van der Waals surface area contributed by atoms with E-state index in [1.807, 2.05) is 0 Å². The number of piperidine rings is 1. The molecule has 0 unspecified atom stereocenters. The maximum Gasteiger partial charge on any atom is 0.330 e. The van der Waals surface area contributed by atoms with Crippen molar-refractivity contribution in [3.63, 3.8) is 0 Å². The highest BCUT2D eigenvalue weighted by Crippen LogP contribution is 2.26. The number of anilines is 1. The van der Waals surface area contributed by atoms with Crippen molar-refractivity contribution in [3.05, 3.63) is 40.0 Å². The quantitative estimate of drug-likeness (QED) is 0.219. The highest BCUT2D eigenvalue weighted by atomic mass is 16.6. The minimum atomic E-state index is -0.523. The molecule has 1 aromatic carbocycles. The molecule has 29 heavy (non-hydrogen) atoms. The zero-order valence-corrected chi connectivity index (χ0v) is 16.8. The summed E-state index contributed by atoms with van der Waals surface area (Å²) in [7, 11) is 2.69. The van der Waals surface area contributed by atoms with Crippen LogP contribution in [-0.2, 0) is 19.1 Å². The van der Waals surface area contributed by atoms with Gasteiger partial charge in [-0.3, -0.25) is 14.9 Å². The number of carbonyl (C=O) groups excluding carboxylic acids is 2. The minimum absolute atomic E-state index is 0.0104. The highest BCUT2D eigenvalue weighted by molar-refractivity contribution is 5.87. The van der Waals surface area contributed by atoms with E-state index in [9.17, 15) is 19.7 Å². The summed E-state index contributed by atoms with van der Waals surface area (Å²) in [6.07, 6.45) is 5.11. The second-order valence-corrected chi connectivity index (χ2v) is 6.81. The zero-order chi connectivity index (χ0) is 21.2. The lowest BCUT2D eigenvalue weighted by atomic mass is 9.97. The van der Waals surface area contributed by atoms with Crippen LogP contribution >= 0.6 is 0 Å². The molecule has 0 aromatic heterocycles. The first-order chi connectivity index (χ1) is 13.9. The van der Waals surface area contributed by atoms with Gasteiger partial charge in [-0.15, -0.1) is 0 Å². The molecule has 0 atom stereocenters. The molecule has 0 saturated carbocycles. The number of carbonyl (C=O) groups is 2. The SMILES string of the molecule is COC(=O)C=Cc1ccc(NCCCN2CCC(C(=O)OC)CC2)c([N+](=O)[O-])c1. The first kappa shape index (κ1) is 22.4. The van der Waals surface area contributed by atoms with Gasteiger partial charge in [-0.2, -0.15) is 0 Å². The molecule has 9 heteroatoms. The number of hydrogen-bond acceptors (Lipinski definition) is 8. The number of nitro benzene ring substituents is 1. The van der Waals surface area contributed by atoms with Crippen molar-refractivity contribution in [3.8, 4) is 0 Å². The second-order valence-electron chi connectivity index (χ2n) is 6.81. The number of nitro groups is 1. The summed E-state index contributed by atoms with van der Waals surface area (Å²) in [5.74, 6) is -0.669. The molecule has 1 N–H and O–H groups in total. The maximum atomic E-state index is 11.6. The average molecular weight is 405 g/mol. The van der Waals surface area contributed by atoms with Gasteiger partial charge in [-0.05, 0) is 56.6 Å². The van der Waals surface area contributed by atoms with E-state index in [1.54, 1.807) is 12.1 Å². The molecule has 2 rings (SSSR count). The van der Waals surface area contributed by atoms with Gasteiger partial charge < -0.3 is 19.7 Å². The number of nitrogens with zero attached hydrogens (tertiary/aromatic N) is 2. The molecule has 1 aromatic rings. The number of likely N-dealkylation sites (tertiary alicyclic amines) is 1. The molecule has 0 spiro atoms. The van der Waals surface area contributed by atoms with Crippen molar-refractivity contribution in [1.29, 1.82) is 0 Å². The molecule has 1 aliphatic rings. The summed E-state index contributed by atoms with van der Waals surface area (Å²) in [6, 6.07) is 4.75. The Bertz CT molecular complexity index is 757. The Balaban J connectivity index is 1.83. The van der Waals surface area contributed by atoms with Gasteiger partial charge >= 0.3 is 11.9 Å². The van der Waals surface area contributed by atoms with Crippen LogP contribution in [0.3, 0.4) is 0 Å². The van der Waals surface area contributed by atoms with Gasteiger partial charge in [-0.25, -0.2) is 4.79 Å². The summed E-state index contributed by atoms with van der Waals surface area (Å²) in [6.45, 7) is 3.14. The number of esters is 2. The third kappa shape index (κ3) is 6.86. The summed E-state index contributed by atoms with van der Waals surface area (Å²) in [5, 5.41) is 14.5. The third-order valence-electron chi connectivity index (χ3n) is 4.92. The van der Waals surface area contributed by atoms with Crippen LogP contribution in [0.15, 0.2) is 24.3 Å². The lowest BCUT2D eigenvalue weighted by molar-refractivity contribution is -0.384. The topological polar surface area (TPSA) is 111 Å². The van der Waals surface area contributed by atoms with Crippen molar-refractivity contribution in [2.75, 3.05) is 45.7 Å². The van der Waals surface area contributed by atoms with E-state index < -0.39 is 10.9 Å². The van der Waals surface area contributed by atoms with E-state index in [1.165, 1.54) is 32.4 Å². The fourth-order valence-corrected chi connectivity index (χ4v) is 3.27. The molecule has 1 aliphatic heterocycles.